The van der Waals surface area contributed by atoms with Crippen LogP contribution in [0.5, 0.6) is 11.6 Å². The average molecular weight is 295 g/mol. The van der Waals surface area contributed by atoms with Gasteiger partial charge in [0.25, 0.3) is 0 Å². The monoisotopic (exact) mass is 295 g/mol. The summed E-state index contributed by atoms with van der Waals surface area (Å²) in [7, 11) is 0. The molecule has 0 aliphatic heterocycles. The van der Waals surface area contributed by atoms with E-state index in [-0.39, 0.29) is 0 Å². The highest BCUT2D eigenvalue weighted by Gasteiger charge is 2.15. The lowest BCUT2D eigenvalue weighted by Crippen LogP contribution is -1.93. The van der Waals surface area contributed by atoms with Crippen LogP contribution in [0.15, 0.2) is 48.1 Å². The van der Waals surface area contributed by atoms with E-state index >= 15 is 0 Å². The molecule has 0 spiro atoms. The molecule has 5 nitrogen and oxygen atoms in total. The molecule has 0 saturated carbocycles. The van der Waals surface area contributed by atoms with Crippen molar-refractivity contribution in [2.75, 3.05) is 0 Å². The highest BCUT2D eigenvalue weighted by atomic mass is 32.1. The Morgan fingerprint density at radius 3 is 3.10 bits per heavy atom. The zero-order valence-electron chi connectivity index (χ0n) is 10.8. The van der Waals surface area contributed by atoms with Gasteiger partial charge >= 0.3 is 0 Å². The Morgan fingerprint density at radius 2 is 2.19 bits per heavy atom. The first-order valence-electron chi connectivity index (χ1n) is 6.29. The van der Waals surface area contributed by atoms with Gasteiger partial charge in [-0.15, -0.1) is 11.3 Å². The van der Waals surface area contributed by atoms with Gasteiger partial charge < -0.3 is 4.74 Å². The number of aldehydes is 1. The van der Waals surface area contributed by atoms with Gasteiger partial charge in [-0.1, -0.05) is 6.07 Å². The molecule has 0 saturated heterocycles. The lowest BCUT2D eigenvalue weighted by Gasteiger charge is -2.06. The number of imidazole rings is 1. The fourth-order valence-electron chi connectivity index (χ4n) is 2.23. The standard InChI is InChI=1S/C15H9N3O2S/c19-9-12-14(17-15-18(12)7-8-21-15)20-13-5-1-4-11-10(13)3-2-6-16-11/h1-9H. The van der Waals surface area contributed by atoms with E-state index in [1.807, 2.05) is 35.7 Å². The lowest BCUT2D eigenvalue weighted by atomic mass is 10.2. The summed E-state index contributed by atoms with van der Waals surface area (Å²) < 4.78 is 7.58. The third-order valence-electron chi connectivity index (χ3n) is 3.19. The molecule has 0 aliphatic rings. The number of carbonyl (C=O) groups is 1. The zero-order valence-corrected chi connectivity index (χ0v) is 11.6. The number of hydrogen-bond acceptors (Lipinski definition) is 5. The molecule has 0 radical (unpaired) electrons. The molecule has 3 heterocycles. The summed E-state index contributed by atoms with van der Waals surface area (Å²) >= 11 is 1.45. The van der Waals surface area contributed by atoms with Crippen molar-refractivity contribution in [3.05, 3.63) is 53.8 Å². The van der Waals surface area contributed by atoms with Crippen LogP contribution in [0.2, 0.25) is 0 Å². The van der Waals surface area contributed by atoms with Crippen LogP contribution in [0.1, 0.15) is 10.5 Å². The van der Waals surface area contributed by atoms with E-state index in [4.69, 9.17) is 4.74 Å². The quantitative estimate of drug-likeness (QED) is 0.542. The second-order valence-electron chi connectivity index (χ2n) is 4.40. The van der Waals surface area contributed by atoms with Gasteiger partial charge in [-0.25, -0.2) is 0 Å². The van der Waals surface area contributed by atoms with Crippen molar-refractivity contribution in [3.63, 3.8) is 0 Å². The Balaban J connectivity index is 1.86. The van der Waals surface area contributed by atoms with Gasteiger partial charge in [-0.2, -0.15) is 4.98 Å². The van der Waals surface area contributed by atoms with Gasteiger partial charge in [-0.05, 0) is 24.3 Å². The number of benzene rings is 1. The first-order valence-corrected chi connectivity index (χ1v) is 7.17. The Hall–Kier alpha value is -2.73. The smallest absolute Gasteiger partial charge is 0.250 e. The van der Waals surface area contributed by atoms with E-state index in [2.05, 4.69) is 9.97 Å². The van der Waals surface area contributed by atoms with Crippen LogP contribution in [0.3, 0.4) is 0 Å². The van der Waals surface area contributed by atoms with Gasteiger partial charge in [0.2, 0.25) is 5.88 Å². The third kappa shape index (κ3) is 1.88. The van der Waals surface area contributed by atoms with Crippen LogP contribution in [-0.4, -0.2) is 20.7 Å². The van der Waals surface area contributed by atoms with E-state index in [1.54, 1.807) is 16.8 Å². The Morgan fingerprint density at radius 1 is 1.24 bits per heavy atom. The minimum atomic E-state index is 0.313. The molecule has 0 amide bonds. The highest BCUT2D eigenvalue weighted by Crippen LogP contribution is 2.31. The summed E-state index contributed by atoms with van der Waals surface area (Å²) in [6, 6.07) is 9.39. The fourth-order valence-corrected chi connectivity index (χ4v) is 2.95. The van der Waals surface area contributed by atoms with E-state index in [9.17, 15) is 4.79 Å². The molecule has 4 aromatic rings. The molecule has 4 rings (SSSR count). The first-order chi connectivity index (χ1) is 10.4. The Kier molecular flexibility index (Phi) is 2.68. The Bertz CT molecular complexity index is 953. The summed E-state index contributed by atoms with van der Waals surface area (Å²) in [4.78, 5) is 20.7. The molecule has 1 aromatic carbocycles. The van der Waals surface area contributed by atoms with Crippen LogP contribution in [0, 0.1) is 0 Å². The lowest BCUT2D eigenvalue weighted by molar-refractivity contribution is 0.111. The first kappa shape index (κ1) is 12.0. The SMILES string of the molecule is O=Cc1c(Oc2cccc3ncccc23)nc2sccn12. The average Bonchev–Trinajstić information content (AvgIpc) is 3.08. The minimum absolute atomic E-state index is 0.313. The van der Waals surface area contributed by atoms with E-state index in [0.717, 1.165) is 22.1 Å². The zero-order chi connectivity index (χ0) is 14.2. The second kappa shape index (κ2) is 4.68. The number of aromatic nitrogens is 3. The van der Waals surface area contributed by atoms with E-state index in [1.165, 1.54) is 11.3 Å². The normalized spacial score (nSPS) is 11.0. The summed E-state index contributed by atoms with van der Waals surface area (Å²) in [5.74, 6) is 0.947. The summed E-state index contributed by atoms with van der Waals surface area (Å²) in [5.41, 5.74) is 1.25. The van der Waals surface area contributed by atoms with Gasteiger partial charge in [-0.3, -0.25) is 14.2 Å². The molecule has 0 unspecified atom stereocenters. The summed E-state index contributed by atoms with van der Waals surface area (Å²) in [6.45, 7) is 0. The summed E-state index contributed by atoms with van der Waals surface area (Å²) in [5, 5.41) is 2.76. The molecule has 0 N–H and O–H groups in total. The molecule has 21 heavy (non-hydrogen) atoms. The number of thiazole rings is 1. The van der Waals surface area contributed by atoms with Gasteiger partial charge in [0.05, 0.1) is 5.52 Å². The minimum Gasteiger partial charge on any atom is -0.436 e. The number of ether oxygens (including phenoxy) is 1. The number of nitrogens with zero attached hydrogens (tertiary/aromatic N) is 3. The number of hydrogen-bond donors (Lipinski definition) is 0. The maximum Gasteiger partial charge on any atom is 0.250 e. The number of pyridine rings is 1. The van der Waals surface area contributed by atoms with Gasteiger partial charge in [0.15, 0.2) is 16.9 Å². The van der Waals surface area contributed by atoms with Gasteiger partial charge in [0, 0.05) is 23.2 Å². The number of rotatable bonds is 3. The predicted octanol–water partition coefficient (Wildman–Crippen LogP) is 3.55. The molecule has 102 valence electrons. The second-order valence-corrected chi connectivity index (χ2v) is 5.28. The topological polar surface area (TPSA) is 56.5 Å². The molecule has 0 aliphatic carbocycles. The molecule has 0 bridgehead atoms. The largest absolute Gasteiger partial charge is 0.436 e. The van der Waals surface area contributed by atoms with E-state index < -0.39 is 0 Å². The number of carbonyl (C=O) groups excluding carboxylic acids is 1. The highest BCUT2D eigenvalue weighted by molar-refractivity contribution is 7.15. The predicted molar refractivity (Wildman–Crippen MR) is 80.3 cm³/mol. The number of fused-ring (bicyclic) bond motifs is 2. The van der Waals surface area contributed by atoms with E-state index in [0.29, 0.717) is 17.3 Å². The molecule has 3 aromatic heterocycles. The van der Waals surface area contributed by atoms with Crippen molar-refractivity contribution in [3.8, 4) is 11.6 Å². The molecular weight excluding hydrogens is 286 g/mol. The molecule has 6 heteroatoms. The summed E-state index contributed by atoms with van der Waals surface area (Å²) in [6.07, 6.45) is 4.29. The maximum absolute atomic E-state index is 11.3. The van der Waals surface area contributed by atoms with Crippen molar-refractivity contribution < 1.29 is 9.53 Å². The molecular formula is C15H9N3O2S. The van der Waals surface area contributed by atoms with Crippen LogP contribution in [0.4, 0.5) is 0 Å². The fraction of sp³-hybridized carbons (Fsp3) is 0. The van der Waals surface area contributed by atoms with Crippen LogP contribution in [0.25, 0.3) is 15.9 Å². The maximum atomic E-state index is 11.3. The van der Waals surface area contributed by atoms with Crippen molar-refractivity contribution in [1.29, 1.82) is 0 Å². The molecule has 0 atom stereocenters. The van der Waals surface area contributed by atoms with Crippen LogP contribution in [-0.2, 0) is 0 Å². The third-order valence-corrected chi connectivity index (χ3v) is 3.95. The van der Waals surface area contributed by atoms with Crippen molar-refractivity contribution >= 4 is 33.5 Å². The van der Waals surface area contributed by atoms with Crippen molar-refractivity contribution in [1.82, 2.24) is 14.4 Å². The van der Waals surface area contributed by atoms with Crippen LogP contribution < -0.4 is 4.74 Å². The molecule has 0 fully saturated rings. The van der Waals surface area contributed by atoms with Gasteiger partial charge in [0.1, 0.15) is 5.75 Å². The van der Waals surface area contributed by atoms with Crippen LogP contribution >= 0.6 is 11.3 Å². The Labute approximate surface area is 123 Å². The van der Waals surface area contributed by atoms with Crippen molar-refractivity contribution in [2.24, 2.45) is 0 Å². The van der Waals surface area contributed by atoms with Crippen molar-refractivity contribution in [2.45, 2.75) is 0 Å².